The highest BCUT2D eigenvalue weighted by Crippen LogP contribution is 2.25. The minimum absolute atomic E-state index is 0.583. The number of rotatable bonds is 5. The molecule has 0 saturated carbocycles. The van der Waals surface area contributed by atoms with E-state index in [1.54, 1.807) is 12.1 Å². The lowest BCUT2D eigenvalue weighted by Gasteiger charge is -2.08. The summed E-state index contributed by atoms with van der Waals surface area (Å²) in [6.45, 7) is 2.72. The standard InChI is InChI=1S/C18H16ClNO/c1-2-11-21-18-6-4-3-5-15(18)12-16(13-20)14-7-9-17(19)10-8-14/h3-10,12H,2,11H2,1H3/b16-12+. The molecule has 0 atom stereocenters. The fourth-order valence-electron chi connectivity index (χ4n) is 1.91. The summed E-state index contributed by atoms with van der Waals surface area (Å²) in [5, 5.41) is 10.0. The summed E-state index contributed by atoms with van der Waals surface area (Å²) < 4.78 is 5.71. The zero-order chi connectivity index (χ0) is 15.1. The molecule has 2 aromatic rings. The molecule has 0 N–H and O–H groups in total. The molecule has 0 fully saturated rings. The summed E-state index contributed by atoms with van der Waals surface area (Å²) in [5.41, 5.74) is 2.32. The van der Waals surface area contributed by atoms with Crippen LogP contribution in [-0.2, 0) is 0 Å². The van der Waals surface area contributed by atoms with Crippen LogP contribution < -0.4 is 4.74 Å². The van der Waals surface area contributed by atoms with Crippen LogP contribution in [0.15, 0.2) is 48.5 Å². The first-order valence-electron chi connectivity index (χ1n) is 6.84. The Bertz CT molecular complexity index is 668. The molecule has 2 rings (SSSR count). The van der Waals surface area contributed by atoms with E-state index >= 15 is 0 Å². The molecule has 0 aliphatic rings. The van der Waals surface area contributed by atoms with Gasteiger partial charge in [0.25, 0.3) is 0 Å². The highest BCUT2D eigenvalue weighted by molar-refractivity contribution is 6.30. The molecule has 0 saturated heterocycles. The second kappa shape index (κ2) is 7.52. The van der Waals surface area contributed by atoms with Crippen molar-refractivity contribution in [2.75, 3.05) is 6.61 Å². The van der Waals surface area contributed by atoms with Crippen molar-refractivity contribution in [3.63, 3.8) is 0 Å². The molecule has 106 valence electrons. The Hall–Kier alpha value is -2.24. The summed E-state index contributed by atoms with van der Waals surface area (Å²) in [4.78, 5) is 0. The van der Waals surface area contributed by atoms with Gasteiger partial charge < -0.3 is 4.74 Å². The van der Waals surface area contributed by atoms with Crippen LogP contribution >= 0.6 is 11.6 Å². The Morgan fingerprint density at radius 1 is 1.19 bits per heavy atom. The molecule has 0 aliphatic heterocycles. The largest absolute Gasteiger partial charge is 0.493 e. The zero-order valence-electron chi connectivity index (χ0n) is 11.8. The first-order valence-corrected chi connectivity index (χ1v) is 7.22. The highest BCUT2D eigenvalue weighted by Gasteiger charge is 2.05. The third-order valence-electron chi connectivity index (χ3n) is 2.96. The van der Waals surface area contributed by atoms with Gasteiger partial charge in [0, 0.05) is 10.6 Å². The fourth-order valence-corrected chi connectivity index (χ4v) is 2.03. The van der Waals surface area contributed by atoms with Gasteiger partial charge in [-0.15, -0.1) is 0 Å². The zero-order valence-corrected chi connectivity index (χ0v) is 12.6. The number of nitrogens with zero attached hydrogens (tertiary/aromatic N) is 1. The SMILES string of the molecule is CCCOc1ccccc1/C=C(\C#N)c1ccc(Cl)cc1. The molecule has 0 radical (unpaired) electrons. The van der Waals surface area contributed by atoms with Crippen molar-refractivity contribution in [1.82, 2.24) is 0 Å². The Morgan fingerprint density at radius 3 is 2.57 bits per heavy atom. The van der Waals surface area contributed by atoms with Crippen LogP contribution in [0.25, 0.3) is 11.6 Å². The molecule has 0 unspecified atom stereocenters. The lowest BCUT2D eigenvalue weighted by atomic mass is 10.0. The quantitative estimate of drug-likeness (QED) is 0.562. The third kappa shape index (κ3) is 4.11. The van der Waals surface area contributed by atoms with Crippen molar-refractivity contribution in [3.8, 4) is 11.8 Å². The predicted molar refractivity (Wildman–Crippen MR) is 87.2 cm³/mol. The van der Waals surface area contributed by atoms with Crippen LogP contribution in [0.2, 0.25) is 5.02 Å². The van der Waals surface area contributed by atoms with Crippen LogP contribution in [-0.4, -0.2) is 6.61 Å². The van der Waals surface area contributed by atoms with E-state index in [0.717, 1.165) is 23.3 Å². The van der Waals surface area contributed by atoms with Gasteiger partial charge in [-0.3, -0.25) is 0 Å². The molecule has 0 spiro atoms. The second-order valence-electron chi connectivity index (χ2n) is 4.56. The number of allylic oxidation sites excluding steroid dienone is 1. The smallest absolute Gasteiger partial charge is 0.126 e. The molecule has 3 heteroatoms. The predicted octanol–water partition coefficient (Wildman–Crippen LogP) is 5.19. The van der Waals surface area contributed by atoms with Crippen molar-refractivity contribution < 1.29 is 4.74 Å². The molecule has 0 aliphatic carbocycles. The molecule has 2 aromatic carbocycles. The topological polar surface area (TPSA) is 33.0 Å². The average Bonchev–Trinajstić information content (AvgIpc) is 2.52. The Kier molecular flexibility index (Phi) is 5.43. The van der Waals surface area contributed by atoms with Gasteiger partial charge >= 0.3 is 0 Å². The molecular formula is C18H16ClNO. The Morgan fingerprint density at radius 2 is 1.90 bits per heavy atom. The minimum atomic E-state index is 0.583. The van der Waals surface area contributed by atoms with E-state index in [9.17, 15) is 5.26 Å². The monoisotopic (exact) mass is 297 g/mol. The minimum Gasteiger partial charge on any atom is -0.493 e. The number of hydrogen-bond donors (Lipinski definition) is 0. The van der Waals surface area contributed by atoms with E-state index in [4.69, 9.17) is 16.3 Å². The van der Waals surface area contributed by atoms with E-state index in [0.29, 0.717) is 17.2 Å². The van der Waals surface area contributed by atoms with Gasteiger partial charge in [0.05, 0.1) is 18.2 Å². The molecule has 0 amide bonds. The number of benzene rings is 2. The van der Waals surface area contributed by atoms with Crippen molar-refractivity contribution in [1.29, 1.82) is 5.26 Å². The average molecular weight is 298 g/mol. The first-order chi connectivity index (χ1) is 10.2. The molecule has 21 heavy (non-hydrogen) atoms. The van der Waals surface area contributed by atoms with E-state index in [-0.39, 0.29) is 0 Å². The number of halogens is 1. The van der Waals surface area contributed by atoms with E-state index in [2.05, 4.69) is 13.0 Å². The van der Waals surface area contributed by atoms with Crippen LogP contribution in [0, 0.1) is 11.3 Å². The Balaban J connectivity index is 2.36. The van der Waals surface area contributed by atoms with Gasteiger partial charge in [0.15, 0.2) is 0 Å². The maximum absolute atomic E-state index is 9.38. The summed E-state index contributed by atoms with van der Waals surface area (Å²) in [6, 6.07) is 17.2. The fraction of sp³-hybridized carbons (Fsp3) is 0.167. The summed E-state index contributed by atoms with van der Waals surface area (Å²) in [6.07, 6.45) is 2.79. The normalized spacial score (nSPS) is 11.0. The molecular weight excluding hydrogens is 282 g/mol. The van der Waals surface area contributed by atoms with Crippen LogP contribution in [0.5, 0.6) is 5.75 Å². The van der Waals surface area contributed by atoms with Crippen LogP contribution in [0.3, 0.4) is 0 Å². The van der Waals surface area contributed by atoms with Crippen LogP contribution in [0.1, 0.15) is 24.5 Å². The summed E-state index contributed by atoms with van der Waals surface area (Å²) in [5.74, 6) is 0.793. The van der Waals surface area contributed by atoms with Gasteiger partial charge in [-0.25, -0.2) is 0 Å². The van der Waals surface area contributed by atoms with E-state index in [1.807, 2.05) is 42.5 Å². The van der Waals surface area contributed by atoms with Gasteiger partial charge in [0.2, 0.25) is 0 Å². The molecule has 0 bridgehead atoms. The highest BCUT2D eigenvalue weighted by atomic mass is 35.5. The number of nitriles is 1. The van der Waals surface area contributed by atoms with Crippen LogP contribution in [0.4, 0.5) is 0 Å². The second-order valence-corrected chi connectivity index (χ2v) is 5.00. The number of hydrogen-bond acceptors (Lipinski definition) is 2. The number of ether oxygens (including phenoxy) is 1. The first kappa shape index (κ1) is 15.2. The van der Waals surface area contributed by atoms with Crippen molar-refractivity contribution in [3.05, 3.63) is 64.7 Å². The van der Waals surface area contributed by atoms with E-state index in [1.165, 1.54) is 0 Å². The molecule has 0 heterocycles. The lowest BCUT2D eigenvalue weighted by molar-refractivity contribution is 0.317. The Labute approximate surface area is 130 Å². The maximum Gasteiger partial charge on any atom is 0.126 e. The van der Waals surface area contributed by atoms with Gasteiger partial charge in [-0.05, 0) is 36.3 Å². The molecule has 0 aromatic heterocycles. The number of para-hydroxylation sites is 1. The third-order valence-corrected chi connectivity index (χ3v) is 3.21. The lowest BCUT2D eigenvalue weighted by Crippen LogP contribution is -1.96. The van der Waals surface area contributed by atoms with Gasteiger partial charge in [-0.2, -0.15) is 5.26 Å². The van der Waals surface area contributed by atoms with E-state index < -0.39 is 0 Å². The van der Waals surface area contributed by atoms with Crippen molar-refractivity contribution >= 4 is 23.3 Å². The van der Waals surface area contributed by atoms with Crippen molar-refractivity contribution in [2.45, 2.75) is 13.3 Å². The molecule has 2 nitrogen and oxygen atoms in total. The van der Waals surface area contributed by atoms with Gasteiger partial charge in [-0.1, -0.05) is 48.9 Å². The summed E-state index contributed by atoms with van der Waals surface area (Å²) in [7, 11) is 0. The summed E-state index contributed by atoms with van der Waals surface area (Å²) >= 11 is 5.88. The maximum atomic E-state index is 9.38. The van der Waals surface area contributed by atoms with Gasteiger partial charge in [0.1, 0.15) is 5.75 Å². The van der Waals surface area contributed by atoms with Crippen molar-refractivity contribution in [2.24, 2.45) is 0 Å².